The van der Waals surface area contributed by atoms with Gasteiger partial charge in [-0.25, -0.2) is 8.78 Å². The monoisotopic (exact) mass is 338 g/mol. The number of likely N-dealkylation sites (N-methyl/N-ethyl adjacent to an activating group) is 1. The summed E-state index contributed by atoms with van der Waals surface area (Å²) in [5, 5.41) is 0.977. The molecule has 4 heteroatoms. The predicted molar refractivity (Wildman–Crippen MR) is 98.2 cm³/mol. The molecule has 25 heavy (non-hydrogen) atoms. The summed E-state index contributed by atoms with van der Waals surface area (Å²) in [6, 6.07) is 11.7. The van der Waals surface area contributed by atoms with E-state index in [1.807, 2.05) is 23.8 Å². The molecule has 2 heterocycles. The first kappa shape index (κ1) is 16.0. The third kappa shape index (κ3) is 2.76. The highest BCUT2D eigenvalue weighted by Crippen LogP contribution is 2.33. The fraction of sp³-hybridized carbons (Fsp3) is 0.238. The first-order chi connectivity index (χ1) is 12.0. The van der Waals surface area contributed by atoms with E-state index in [1.54, 1.807) is 18.2 Å². The van der Waals surface area contributed by atoms with Gasteiger partial charge >= 0.3 is 0 Å². The van der Waals surface area contributed by atoms with Gasteiger partial charge in [0.05, 0.1) is 5.52 Å². The molecule has 128 valence electrons. The molecular weight excluding hydrogens is 318 g/mol. The second-order valence-electron chi connectivity index (χ2n) is 6.74. The Balaban J connectivity index is 1.92. The zero-order valence-corrected chi connectivity index (χ0v) is 14.4. The van der Waals surface area contributed by atoms with Crippen molar-refractivity contribution in [3.8, 4) is 0 Å². The fourth-order valence-corrected chi connectivity index (χ4v) is 3.66. The van der Waals surface area contributed by atoms with Crippen molar-refractivity contribution >= 4 is 22.7 Å². The number of allylic oxidation sites excluding steroid dienone is 1. The molecule has 0 saturated heterocycles. The first-order valence-electron chi connectivity index (χ1n) is 8.47. The van der Waals surface area contributed by atoms with Crippen molar-refractivity contribution in [2.24, 2.45) is 0 Å². The van der Waals surface area contributed by atoms with Gasteiger partial charge in [0.15, 0.2) is 0 Å². The summed E-state index contributed by atoms with van der Waals surface area (Å²) in [6.07, 6.45) is 2.86. The number of fused-ring (bicyclic) bond motifs is 3. The Morgan fingerprint density at radius 1 is 1.08 bits per heavy atom. The molecule has 3 aromatic rings. The molecule has 0 bridgehead atoms. The molecule has 1 aromatic heterocycles. The minimum absolute atomic E-state index is 0.210. The van der Waals surface area contributed by atoms with Crippen LogP contribution in [0.3, 0.4) is 0 Å². The smallest absolute Gasteiger partial charge is 0.147 e. The molecule has 0 spiro atoms. The third-order valence-electron chi connectivity index (χ3n) is 4.97. The number of aromatic nitrogens is 1. The molecule has 1 aliphatic heterocycles. The predicted octanol–water partition coefficient (Wildman–Crippen LogP) is 4.93. The summed E-state index contributed by atoms with van der Waals surface area (Å²) in [5.74, 6) is -0.466. The minimum atomic E-state index is -0.255. The molecule has 1 aliphatic rings. The Morgan fingerprint density at radius 3 is 2.60 bits per heavy atom. The molecule has 0 fully saturated rings. The quantitative estimate of drug-likeness (QED) is 0.643. The van der Waals surface area contributed by atoms with Crippen LogP contribution in [0.4, 0.5) is 8.78 Å². The van der Waals surface area contributed by atoms with E-state index in [1.165, 1.54) is 29.5 Å². The van der Waals surface area contributed by atoms with Crippen LogP contribution >= 0.6 is 0 Å². The molecule has 0 atom stereocenters. The van der Waals surface area contributed by atoms with Gasteiger partial charge in [-0.2, -0.15) is 0 Å². The van der Waals surface area contributed by atoms with Gasteiger partial charge in [-0.3, -0.25) is 0 Å². The van der Waals surface area contributed by atoms with Gasteiger partial charge in [0.25, 0.3) is 0 Å². The molecule has 0 saturated carbocycles. The van der Waals surface area contributed by atoms with Gasteiger partial charge < -0.3 is 9.47 Å². The van der Waals surface area contributed by atoms with E-state index in [-0.39, 0.29) is 11.6 Å². The second-order valence-corrected chi connectivity index (χ2v) is 6.74. The molecule has 0 unspecified atom stereocenters. The summed E-state index contributed by atoms with van der Waals surface area (Å²) in [5.41, 5.74) is 4.90. The number of hydrogen-bond donors (Lipinski definition) is 0. The zero-order valence-electron chi connectivity index (χ0n) is 14.4. The molecule has 0 aliphatic carbocycles. The van der Waals surface area contributed by atoms with Crippen LogP contribution in [-0.4, -0.2) is 23.1 Å². The van der Waals surface area contributed by atoms with Crippen molar-refractivity contribution in [1.82, 2.24) is 9.47 Å². The Bertz CT molecular complexity index is 968. The standard InChI is InChI=1S/C21H20F2N2/c1-14(15-6-8-16(22)9-7-15)12-25-20-10-11-24(2)13-18(20)17-4-3-5-19(23)21(17)25/h3-9,12H,10-11,13H2,1-2H3. The lowest BCUT2D eigenvalue weighted by Crippen LogP contribution is -2.26. The summed E-state index contributed by atoms with van der Waals surface area (Å²) in [4.78, 5) is 2.26. The molecule has 0 N–H and O–H groups in total. The van der Waals surface area contributed by atoms with Crippen LogP contribution in [0.2, 0.25) is 0 Å². The van der Waals surface area contributed by atoms with Crippen LogP contribution in [0, 0.1) is 11.6 Å². The van der Waals surface area contributed by atoms with Crippen molar-refractivity contribution in [2.45, 2.75) is 19.9 Å². The molecule has 2 aromatic carbocycles. The number of nitrogens with zero attached hydrogens (tertiary/aromatic N) is 2. The van der Waals surface area contributed by atoms with Crippen molar-refractivity contribution < 1.29 is 8.78 Å². The van der Waals surface area contributed by atoms with Gasteiger partial charge in [-0.1, -0.05) is 24.3 Å². The lowest BCUT2D eigenvalue weighted by atomic mass is 10.0. The van der Waals surface area contributed by atoms with Gasteiger partial charge in [-0.15, -0.1) is 0 Å². The molecule has 2 nitrogen and oxygen atoms in total. The number of halogens is 2. The van der Waals surface area contributed by atoms with Crippen molar-refractivity contribution in [1.29, 1.82) is 0 Å². The van der Waals surface area contributed by atoms with Gasteiger partial charge in [-0.05, 0) is 48.9 Å². The Hall–Kier alpha value is -2.46. The molecular formula is C21H20F2N2. The van der Waals surface area contributed by atoms with Gasteiger partial charge in [0.1, 0.15) is 11.6 Å². The summed E-state index contributed by atoms with van der Waals surface area (Å²) >= 11 is 0. The van der Waals surface area contributed by atoms with Crippen molar-refractivity contribution in [3.05, 3.63) is 70.9 Å². The Labute approximate surface area is 146 Å². The van der Waals surface area contributed by atoms with E-state index in [4.69, 9.17) is 0 Å². The van der Waals surface area contributed by atoms with Crippen LogP contribution < -0.4 is 0 Å². The van der Waals surface area contributed by atoms with E-state index in [2.05, 4.69) is 11.9 Å². The number of hydrogen-bond acceptors (Lipinski definition) is 1. The van der Waals surface area contributed by atoms with Crippen LogP contribution in [0.15, 0.2) is 42.5 Å². The van der Waals surface area contributed by atoms with Crippen LogP contribution in [-0.2, 0) is 13.0 Å². The zero-order chi connectivity index (χ0) is 17.6. The number of rotatable bonds is 2. The van der Waals surface area contributed by atoms with Gasteiger partial charge in [0.2, 0.25) is 0 Å². The van der Waals surface area contributed by atoms with E-state index in [9.17, 15) is 8.78 Å². The first-order valence-corrected chi connectivity index (χ1v) is 8.47. The molecule has 0 radical (unpaired) electrons. The summed E-state index contributed by atoms with van der Waals surface area (Å²) in [7, 11) is 2.09. The second kappa shape index (κ2) is 6.12. The van der Waals surface area contributed by atoms with E-state index in [0.29, 0.717) is 5.52 Å². The van der Waals surface area contributed by atoms with E-state index < -0.39 is 0 Å². The highest BCUT2D eigenvalue weighted by Gasteiger charge is 2.23. The molecule has 0 amide bonds. The average Bonchev–Trinajstić information content (AvgIpc) is 2.90. The fourth-order valence-electron chi connectivity index (χ4n) is 3.66. The average molecular weight is 338 g/mol. The maximum absolute atomic E-state index is 14.6. The van der Waals surface area contributed by atoms with E-state index in [0.717, 1.165) is 36.0 Å². The van der Waals surface area contributed by atoms with Crippen molar-refractivity contribution in [2.75, 3.05) is 13.6 Å². The van der Waals surface area contributed by atoms with Crippen LogP contribution in [0.25, 0.3) is 22.7 Å². The Kier molecular flexibility index (Phi) is 3.92. The highest BCUT2D eigenvalue weighted by molar-refractivity contribution is 5.90. The highest BCUT2D eigenvalue weighted by atomic mass is 19.1. The summed E-state index contributed by atoms with van der Waals surface area (Å²) in [6.45, 7) is 3.75. The normalized spacial score (nSPS) is 15.6. The van der Waals surface area contributed by atoms with Crippen LogP contribution in [0.1, 0.15) is 23.7 Å². The van der Waals surface area contributed by atoms with Crippen LogP contribution in [0.5, 0.6) is 0 Å². The topological polar surface area (TPSA) is 8.17 Å². The number of para-hydroxylation sites is 1. The van der Waals surface area contributed by atoms with E-state index >= 15 is 0 Å². The largest absolute Gasteiger partial charge is 0.317 e. The maximum Gasteiger partial charge on any atom is 0.147 e. The summed E-state index contributed by atoms with van der Waals surface area (Å²) < 4.78 is 29.8. The lowest BCUT2D eigenvalue weighted by molar-refractivity contribution is 0.312. The third-order valence-corrected chi connectivity index (χ3v) is 4.97. The lowest BCUT2D eigenvalue weighted by Gasteiger charge is -2.23. The van der Waals surface area contributed by atoms with Crippen molar-refractivity contribution in [3.63, 3.8) is 0 Å². The van der Waals surface area contributed by atoms with Gasteiger partial charge in [0, 0.05) is 36.8 Å². The maximum atomic E-state index is 14.6. The molecule has 4 rings (SSSR count). The Morgan fingerprint density at radius 2 is 1.84 bits per heavy atom. The SMILES string of the molecule is CC(=Cn1c2c(c3cccc(F)c31)CN(C)CC2)c1ccc(F)cc1. The minimum Gasteiger partial charge on any atom is -0.317 e. The number of benzene rings is 2.